The molecule has 0 saturated heterocycles. The van der Waals surface area contributed by atoms with Crippen molar-refractivity contribution in [2.45, 2.75) is 25.9 Å². The van der Waals surface area contributed by atoms with Crippen LogP contribution in [-0.4, -0.2) is 21.2 Å². The fourth-order valence-corrected chi connectivity index (χ4v) is 3.80. The van der Waals surface area contributed by atoms with Gasteiger partial charge in [-0.25, -0.2) is 4.98 Å². The second-order valence-electron chi connectivity index (χ2n) is 5.86. The maximum absolute atomic E-state index is 12.2. The zero-order valence-corrected chi connectivity index (χ0v) is 13.9. The van der Waals surface area contributed by atoms with Crippen LogP contribution in [0.1, 0.15) is 39.0 Å². The predicted molar refractivity (Wildman–Crippen MR) is 90.9 cm³/mol. The number of thiazole rings is 1. The summed E-state index contributed by atoms with van der Waals surface area (Å²) in [5.74, 6) is -0.224. The molecule has 6 nitrogen and oxygen atoms in total. The van der Waals surface area contributed by atoms with E-state index in [1.807, 2.05) is 41.9 Å². The van der Waals surface area contributed by atoms with E-state index in [0.29, 0.717) is 12.1 Å². The number of fused-ring (bicyclic) bond motifs is 2. The molecule has 2 N–H and O–H groups in total. The Hall–Kier alpha value is -2.67. The molecule has 2 aromatic heterocycles. The lowest BCUT2D eigenvalue weighted by Crippen LogP contribution is -2.28. The Morgan fingerprint density at radius 2 is 2.21 bits per heavy atom. The number of nitrogens with one attached hydrogen (secondary N) is 2. The van der Waals surface area contributed by atoms with Gasteiger partial charge >= 0.3 is 0 Å². The van der Waals surface area contributed by atoms with Gasteiger partial charge in [0.2, 0.25) is 5.91 Å². The highest BCUT2D eigenvalue weighted by Gasteiger charge is 2.29. The van der Waals surface area contributed by atoms with E-state index in [-0.39, 0.29) is 24.3 Å². The summed E-state index contributed by atoms with van der Waals surface area (Å²) in [5.41, 5.74) is 2.36. The molecule has 0 aliphatic carbocycles. The van der Waals surface area contributed by atoms with Crippen molar-refractivity contribution >= 4 is 28.1 Å². The van der Waals surface area contributed by atoms with Gasteiger partial charge in [-0.15, -0.1) is 11.3 Å². The molecule has 2 amide bonds. The molecule has 0 radical (unpaired) electrons. The van der Waals surface area contributed by atoms with Crippen molar-refractivity contribution in [1.29, 1.82) is 0 Å². The van der Waals surface area contributed by atoms with Crippen LogP contribution in [0.5, 0.6) is 0 Å². The lowest BCUT2D eigenvalue weighted by molar-refractivity contribution is -0.121. The van der Waals surface area contributed by atoms with Crippen molar-refractivity contribution in [3.8, 4) is 0 Å². The number of benzene rings is 1. The Balaban J connectivity index is 1.38. The topological polar surface area (TPSA) is 75.5 Å². The third-order valence-corrected chi connectivity index (χ3v) is 4.98. The number of aromatic nitrogens is 2. The first-order valence-corrected chi connectivity index (χ1v) is 8.52. The predicted octanol–water partition coefficient (Wildman–Crippen LogP) is 2.20. The van der Waals surface area contributed by atoms with Gasteiger partial charge in [0, 0.05) is 22.8 Å². The minimum absolute atomic E-state index is 0.107. The molecule has 7 heteroatoms. The van der Waals surface area contributed by atoms with Crippen LogP contribution in [0.3, 0.4) is 0 Å². The SMILES string of the molecule is Cc1cn2cc(CNC(=O)C[C@H]3NC(=O)c4ccccc43)nc2s1. The number of carbonyl (C=O) groups excluding carboxylic acids is 2. The molecule has 1 aromatic carbocycles. The van der Waals surface area contributed by atoms with E-state index in [4.69, 9.17) is 0 Å². The fourth-order valence-electron chi connectivity index (χ4n) is 2.97. The second kappa shape index (κ2) is 5.76. The maximum atomic E-state index is 12.2. The number of rotatable bonds is 4. The summed E-state index contributed by atoms with van der Waals surface area (Å²) in [7, 11) is 0. The Kier molecular flexibility index (Phi) is 3.57. The van der Waals surface area contributed by atoms with Crippen LogP contribution in [0.25, 0.3) is 4.96 Å². The summed E-state index contributed by atoms with van der Waals surface area (Å²) >= 11 is 1.62. The number of nitrogens with zero attached hydrogens (tertiary/aromatic N) is 2. The van der Waals surface area contributed by atoms with Crippen molar-refractivity contribution in [2.75, 3.05) is 0 Å². The number of imidazole rings is 1. The van der Waals surface area contributed by atoms with Crippen molar-refractivity contribution in [3.63, 3.8) is 0 Å². The molecule has 0 unspecified atom stereocenters. The Morgan fingerprint density at radius 1 is 1.38 bits per heavy atom. The quantitative estimate of drug-likeness (QED) is 0.764. The highest BCUT2D eigenvalue weighted by molar-refractivity contribution is 7.16. The molecule has 0 bridgehead atoms. The standard InChI is InChI=1S/C17H16N4O2S/c1-10-8-21-9-11(19-17(21)24-10)7-18-15(22)6-14-12-4-2-3-5-13(12)16(23)20-14/h2-5,8-9,14H,6-7H2,1H3,(H,18,22)(H,20,23)/t14-/m1/s1. The van der Waals surface area contributed by atoms with E-state index in [1.165, 1.54) is 4.88 Å². The molecular weight excluding hydrogens is 324 g/mol. The molecule has 24 heavy (non-hydrogen) atoms. The molecule has 1 aliphatic rings. The van der Waals surface area contributed by atoms with E-state index in [9.17, 15) is 9.59 Å². The van der Waals surface area contributed by atoms with Gasteiger partial charge in [-0.3, -0.25) is 14.0 Å². The monoisotopic (exact) mass is 340 g/mol. The highest BCUT2D eigenvalue weighted by atomic mass is 32.1. The van der Waals surface area contributed by atoms with Gasteiger partial charge in [-0.05, 0) is 18.6 Å². The van der Waals surface area contributed by atoms with Gasteiger partial charge < -0.3 is 10.6 Å². The van der Waals surface area contributed by atoms with Gasteiger partial charge in [-0.2, -0.15) is 0 Å². The van der Waals surface area contributed by atoms with Gasteiger partial charge in [0.05, 0.1) is 24.7 Å². The van der Waals surface area contributed by atoms with Crippen molar-refractivity contribution in [2.24, 2.45) is 0 Å². The number of hydrogen-bond acceptors (Lipinski definition) is 4. The van der Waals surface area contributed by atoms with Crippen molar-refractivity contribution in [1.82, 2.24) is 20.0 Å². The Bertz CT molecular complexity index is 912. The van der Waals surface area contributed by atoms with Gasteiger partial charge in [-0.1, -0.05) is 18.2 Å². The lowest BCUT2D eigenvalue weighted by Gasteiger charge is -2.11. The minimum atomic E-state index is -0.262. The first-order chi connectivity index (χ1) is 11.6. The minimum Gasteiger partial charge on any atom is -0.350 e. The number of amides is 2. The van der Waals surface area contributed by atoms with Crippen LogP contribution in [0.15, 0.2) is 36.7 Å². The normalized spacial score (nSPS) is 16.2. The van der Waals surface area contributed by atoms with Crippen LogP contribution in [-0.2, 0) is 11.3 Å². The molecule has 1 atom stereocenters. The van der Waals surface area contributed by atoms with E-state index in [1.54, 1.807) is 17.4 Å². The third kappa shape index (κ3) is 2.67. The number of hydrogen-bond donors (Lipinski definition) is 2. The summed E-state index contributed by atoms with van der Waals surface area (Å²) < 4.78 is 1.97. The van der Waals surface area contributed by atoms with Gasteiger partial charge in [0.25, 0.3) is 5.91 Å². The van der Waals surface area contributed by atoms with Crippen molar-refractivity contribution in [3.05, 3.63) is 58.4 Å². The van der Waals surface area contributed by atoms with E-state index < -0.39 is 0 Å². The van der Waals surface area contributed by atoms with Crippen molar-refractivity contribution < 1.29 is 9.59 Å². The van der Waals surface area contributed by atoms with E-state index >= 15 is 0 Å². The van der Waals surface area contributed by atoms with Crippen LogP contribution < -0.4 is 10.6 Å². The van der Waals surface area contributed by atoms with E-state index in [2.05, 4.69) is 15.6 Å². The molecule has 3 aromatic rings. The van der Waals surface area contributed by atoms with E-state index in [0.717, 1.165) is 16.2 Å². The molecule has 3 heterocycles. The number of carbonyl (C=O) groups is 2. The third-order valence-electron chi connectivity index (χ3n) is 4.06. The average molecular weight is 340 g/mol. The molecular formula is C17H16N4O2S. The van der Waals surface area contributed by atoms with Gasteiger partial charge in [0.15, 0.2) is 4.96 Å². The second-order valence-corrected chi connectivity index (χ2v) is 7.07. The summed E-state index contributed by atoms with van der Waals surface area (Å²) in [6.07, 6.45) is 4.17. The zero-order valence-electron chi connectivity index (χ0n) is 13.1. The van der Waals surface area contributed by atoms with Gasteiger partial charge in [0.1, 0.15) is 0 Å². The number of aryl methyl sites for hydroxylation is 1. The molecule has 0 fully saturated rings. The summed E-state index contributed by atoms with van der Waals surface area (Å²) in [5, 5.41) is 5.73. The lowest BCUT2D eigenvalue weighted by atomic mass is 10.0. The maximum Gasteiger partial charge on any atom is 0.252 e. The summed E-state index contributed by atoms with van der Waals surface area (Å²) in [6.45, 7) is 2.42. The summed E-state index contributed by atoms with van der Waals surface area (Å²) in [4.78, 5) is 30.7. The van der Waals surface area contributed by atoms with Crippen LogP contribution >= 0.6 is 11.3 Å². The molecule has 122 valence electrons. The summed E-state index contributed by atoms with van der Waals surface area (Å²) in [6, 6.07) is 7.11. The Labute approximate surface area is 142 Å². The Morgan fingerprint density at radius 3 is 3.04 bits per heavy atom. The average Bonchev–Trinajstić information content (AvgIpc) is 3.18. The highest BCUT2D eigenvalue weighted by Crippen LogP contribution is 2.27. The zero-order chi connectivity index (χ0) is 16.7. The molecule has 0 saturated carbocycles. The molecule has 1 aliphatic heterocycles. The van der Waals surface area contributed by atoms with Crippen LogP contribution in [0, 0.1) is 6.92 Å². The first kappa shape index (κ1) is 14.9. The van der Waals surface area contributed by atoms with Crippen LogP contribution in [0.2, 0.25) is 0 Å². The largest absolute Gasteiger partial charge is 0.350 e. The molecule has 4 rings (SSSR count). The molecule has 0 spiro atoms. The van der Waals surface area contributed by atoms with Crippen LogP contribution in [0.4, 0.5) is 0 Å². The first-order valence-electron chi connectivity index (χ1n) is 7.70. The smallest absolute Gasteiger partial charge is 0.252 e. The fraction of sp³-hybridized carbons (Fsp3) is 0.235.